The number of ether oxygens (including phenoxy) is 1. The number of aryl methyl sites for hydroxylation is 1. The maximum atomic E-state index is 10.4. The summed E-state index contributed by atoms with van der Waals surface area (Å²) in [4.78, 5) is 32.2. The van der Waals surface area contributed by atoms with Crippen LogP contribution in [0.25, 0.3) is 11.2 Å². The summed E-state index contributed by atoms with van der Waals surface area (Å²) in [7, 11) is -4.79. The molecule has 3 heterocycles. The maximum absolute atomic E-state index is 10.4. The van der Waals surface area contributed by atoms with Crippen LogP contribution in [-0.2, 0) is 20.2 Å². The van der Waals surface area contributed by atoms with Gasteiger partial charge in [0, 0.05) is 6.42 Å². The van der Waals surface area contributed by atoms with E-state index in [1.54, 1.807) is 6.33 Å². The molecular formula is C15H24N5O8P. The van der Waals surface area contributed by atoms with Crippen molar-refractivity contribution in [3.63, 3.8) is 0 Å². The minimum absolute atomic E-state index is 0.453. The van der Waals surface area contributed by atoms with Gasteiger partial charge in [0.1, 0.15) is 29.7 Å². The van der Waals surface area contributed by atoms with Crippen LogP contribution >= 0.6 is 7.82 Å². The van der Waals surface area contributed by atoms with E-state index in [9.17, 15) is 4.57 Å². The van der Waals surface area contributed by atoms with Crippen molar-refractivity contribution in [1.82, 2.24) is 19.9 Å². The number of hydrogen-bond acceptors (Lipinski definition) is 10. The summed E-state index contributed by atoms with van der Waals surface area (Å²) < 4.78 is 19.1. The molecule has 2 aromatic heterocycles. The van der Waals surface area contributed by atoms with E-state index in [1.165, 1.54) is 0 Å². The first kappa shape index (κ1) is 23.3. The van der Waals surface area contributed by atoms with Crippen LogP contribution in [0.5, 0.6) is 0 Å². The Morgan fingerprint density at radius 3 is 2.62 bits per heavy atom. The zero-order valence-corrected chi connectivity index (χ0v) is 16.4. The highest BCUT2D eigenvalue weighted by Gasteiger charge is 2.45. The third kappa shape index (κ3) is 6.52. The number of nitrogen functional groups attached to an aromatic ring is 1. The fraction of sp³-hybridized carbons (Fsp3) is 0.533. The smallest absolute Gasteiger partial charge is 0.394 e. The van der Waals surface area contributed by atoms with Gasteiger partial charge in [-0.3, -0.25) is 4.52 Å². The summed E-state index contributed by atoms with van der Waals surface area (Å²) in [5.41, 5.74) is 8.20. The van der Waals surface area contributed by atoms with Crippen molar-refractivity contribution < 1.29 is 38.9 Å². The van der Waals surface area contributed by atoms with Crippen LogP contribution in [0.4, 0.5) is 5.82 Å². The Bertz CT molecular complexity index is 887. The lowest BCUT2D eigenvalue weighted by atomic mass is 10.1. The highest BCUT2D eigenvalue weighted by Crippen LogP contribution is 2.40. The number of phosphoric ester groups is 1. The first-order valence-electron chi connectivity index (χ1n) is 8.48. The SMILES string of the molecule is C=C(C)CCc1nc(N)c2[nH]cnc2n1.O=P(O)(O)OC1O[C@H](CO)[C@@H](O)[C@H]1O. The van der Waals surface area contributed by atoms with Gasteiger partial charge in [0.15, 0.2) is 17.8 Å². The van der Waals surface area contributed by atoms with Crippen molar-refractivity contribution in [3.05, 3.63) is 24.3 Å². The van der Waals surface area contributed by atoms with E-state index in [1.807, 2.05) is 6.92 Å². The summed E-state index contributed by atoms with van der Waals surface area (Å²) in [6, 6.07) is 0. The Kier molecular flexibility index (Phi) is 7.80. The second-order valence-electron chi connectivity index (χ2n) is 6.39. The molecule has 8 N–H and O–H groups in total. The number of aliphatic hydroxyl groups excluding tert-OH is 3. The standard InChI is InChI=1S/C10H13N5.C5H11O8P/c1-6(2)3-4-7-14-9(11)8-10(15-7)13-5-12-8;6-1-2-3(7)4(8)5(12-2)13-14(9,10)11/h5H,1,3-4H2,2H3,(H3,11,12,13,14,15);2-8H,1H2,(H2,9,10,11)/t;2-,3-,4-,5?/m.1/s1. The number of nitrogens with zero attached hydrogens (tertiary/aromatic N) is 3. The number of nitrogens with two attached hydrogens (primary N) is 1. The van der Waals surface area contributed by atoms with Crippen molar-refractivity contribution in [2.75, 3.05) is 12.3 Å². The Labute approximate surface area is 165 Å². The van der Waals surface area contributed by atoms with E-state index in [2.05, 4.69) is 35.8 Å². The molecule has 1 aliphatic rings. The Morgan fingerprint density at radius 1 is 1.38 bits per heavy atom. The molecule has 2 aromatic rings. The molecule has 1 saturated heterocycles. The van der Waals surface area contributed by atoms with Crippen molar-refractivity contribution >= 4 is 24.8 Å². The third-order valence-electron chi connectivity index (χ3n) is 3.88. The summed E-state index contributed by atoms with van der Waals surface area (Å²) >= 11 is 0. The fourth-order valence-corrected chi connectivity index (χ4v) is 2.87. The average Bonchev–Trinajstić information content (AvgIpc) is 3.20. The first-order chi connectivity index (χ1) is 13.5. The van der Waals surface area contributed by atoms with E-state index in [0.717, 1.165) is 24.2 Å². The van der Waals surface area contributed by atoms with Crippen LogP contribution in [0, 0.1) is 0 Å². The van der Waals surface area contributed by atoms with E-state index >= 15 is 0 Å². The minimum Gasteiger partial charge on any atom is -0.394 e. The predicted molar refractivity (Wildman–Crippen MR) is 100 cm³/mol. The topological polar surface area (TPSA) is 217 Å². The molecule has 0 aromatic carbocycles. The molecule has 4 atom stereocenters. The first-order valence-corrected chi connectivity index (χ1v) is 10.0. The lowest BCUT2D eigenvalue weighted by Crippen LogP contribution is -2.34. The third-order valence-corrected chi connectivity index (χ3v) is 4.36. The molecule has 29 heavy (non-hydrogen) atoms. The normalized spacial score (nSPS) is 24.3. The molecule has 13 nitrogen and oxygen atoms in total. The quantitative estimate of drug-likeness (QED) is 0.215. The number of rotatable bonds is 6. The van der Waals surface area contributed by atoms with E-state index < -0.39 is 39.0 Å². The molecule has 0 aliphatic carbocycles. The van der Waals surface area contributed by atoms with Crippen LogP contribution in [0.15, 0.2) is 18.5 Å². The van der Waals surface area contributed by atoms with Gasteiger partial charge in [-0.15, -0.1) is 6.58 Å². The molecule has 1 fully saturated rings. The number of aromatic amines is 1. The zero-order valence-electron chi connectivity index (χ0n) is 15.5. The van der Waals surface area contributed by atoms with Gasteiger partial charge in [0.2, 0.25) is 0 Å². The molecule has 162 valence electrons. The molecular weight excluding hydrogens is 409 g/mol. The highest BCUT2D eigenvalue weighted by molar-refractivity contribution is 7.46. The van der Waals surface area contributed by atoms with E-state index in [0.29, 0.717) is 17.0 Å². The highest BCUT2D eigenvalue weighted by atomic mass is 31.2. The number of phosphoric acid groups is 1. The average molecular weight is 433 g/mol. The van der Waals surface area contributed by atoms with Crippen LogP contribution in [0.2, 0.25) is 0 Å². The van der Waals surface area contributed by atoms with Crippen LogP contribution in [0.3, 0.4) is 0 Å². The molecule has 0 radical (unpaired) electrons. The van der Waals surface area contributed by atoms with Crippen molar-refractivity contribution in [2.45, 2.75) is 44.4 Å². The fourth-order valence-electron chi connectivity index (χ4n) is 2.43. The van der Waals surface area contributed by atoms with Crippen molar-refractivity contribution in [3.8, 4) is 0 Å². The molecule has 3 rings (SSSR count). The second kappa shape index (κ2) is 9.69. The summed E-state index contributed by atoms with van der Waals surface area (Å²) in [5, 5.41) is 26.9. The number of fused-ring (bicyclic) bond motifs is 1. The Balaban J connectivity index is 0.000000208. The van der Waals surface area contributed by atoms with Crippen LogP contribution < -0.4 is 5.73 Å². The number of allylic oxidation sites excluding steroid dienone is 1. The molecule has 0 bridgehead atoms. The van der Waals surface area contributed by atoms with Gasteiger partial charge in [-0.2, -0.15) is 0 Å². The Morgan fingerprint density at radius 2 is 2.07 bits per heavy atom. The predicted octanol–water partition coefficient (Wildman–Crippen LogP) is -1.02. The lowest BCUT2D eigenvalue weighted by molar-refractivity contribution is -0.126. The van der Waals surface area contributed by atoms with Gasteiger partial charge in [-0.25, -0.2) is 19.5 Å². The molecule has 14 heteroatoms. The van der Waals surface area contributed by atoms with E-state index in [4.69, 9.17) is 30.8 Å². The van der Waals surface area contributed by atoms with Gasteiger partial charge in [0.05, 0.1) is 12.9 Å². The molecule has 0 amide bonds. The van der Waals surface area contributed by atoms with Gasteiger partial charge >= 0.3 is 7.82 Å². The van der Waals surface area contributed by atoms with Gasteiger partial charge in [-0.1, -0.05) is 5.57 Å². The summed E-state index contributed by atoms with van der Waals surface area (Å²) in [6.45, 7) is 5.23. The number of aromatic nitrogens is 4. The van der Waals surface area contributed by atoms with Gasteiger partial charge < -0.3 is 40.6 Å². The number of nitrogens with one attached hydrogen (secondary N) is 1. The minimum atomic E-state index is -4.79. The lowest BCUT2D eigenvalue weighted by Gasteiger charge is -2.15. The maximum Gasteiger partial charge on any atom is 0.472 e. The number of H-pyrrole nitrogens is 1. The zero-order chi connectivity index (χ0) is 21.8. The second-order valence-corrected chi connectivity index (χ2v) is 7.58. The summed E-state index contributed by atoms with van der Waals surface area (Å²) in [5.74, 6) is 1.17. The number of imidazole rings is 1. The van der Waals surface area contributed by atoms with Gasteiger partial charge in [-0.05, 0) is 13.3 Å². The Hall–Kier alpha value is -1.96. The van der Waals surface area contributed by atoms with Crippen LogP contribution in [0.1, 0.15) is 19.2 Å². The molecule has 0 spiro atoms. The monoisotopic (exact) mass is 433 g/mol. The molecule has 1 unspecified atom stereocenters. The van der Waals surface area contributed by atoms with Crippen LogP contribution in [-0.4, -0.2) is 76.3 Å². The molecule has 1 aliphatic heterocycles. The van der Waals surface area contributed by atoms with Gasteiger partial charge in [0.25, 0.3) is 0 Å². The number of hydrogen-bond donors (Lipinski definition) is 7. The number of anilines is 1. The molecule has 0 saturated carbocycles. The largest absolute Gasteiger partial charge is 0.472 e. The number of aliphatic hydroxyl groups is 3. The summed E-state index contributed by atoms with van der Waals surface area (Å²) in [6.07, 6.45) is -2.59. The van der Waals surface area contributed by atoms with Crippen molar-refractivity contribution in [1.29, 1.82) is 0 Å². The van der Waals surface area contributed by atoms with Crippen molar-refractivity contribution in [2.24, 2.45) is 0 Å². The van der Waals surface area contributed by atoms with E-state index in [-0.39, 0.29) is 0 Å².